The summed E-state index contributed by atoms with van der Waals surface area (Å²) in [6, 6.07) is 0.287. The van der Waals surface area contributed by atoms with Gasteiger partial charge >= 0.3 is 0 Å². The molecular weight excluding hydrogens is 284 g/mol. The quantitative estimate of drug-likeness (QED) is 0.900. The molecule has 17 heavy (non-hydrogen) atoms. The summed E-state index contributed by atoms with van der Waals surface area (Å²) in [7, 11) is 0. The molecule has 1 saturated heterocycles. The number of nitrogens with zero attached hydrogens (tertiary/aromatic N) is 3. The van der Waals surface area contributed by atoms with Crippen LogP contribution in [0.1, 0.15) is 13.3 Å². The summed E-state index contributed by atoms with van der Waals surface area (Å²) in [6.07, 6.45) is 4.49. The van der Waals surface area contributed by atoms with Crippen LogP contribution in [-0.2, 0) is 11.3 Å². The van der Waals surface area contributed by atoms with E-state index in [0.29, 0.717) is 19.0 Å². The molecule has 1 fully saturated rings. The third-order valence-corrected chi connectivity index (χ3v) is 3.62. The topological polar surface area (TPSA) is 64.2 Å². The maximum absolute atomic E-state index is 12.1. The molecule has 2 unspecified atom stereocenters. The fourth-order valence-electron chi connectivity index (χ4n) is 2.31. The Kier molecular flexibility index (Phi) is 3.83. The van der Waals surface area contributed by atoms with Crippen LogP contribution in [0.3, 0.4) is 0 Å². The predicted molar refractivity (Wildman–Crippen MR) is 68.3 cm³/mol. The molecule has 2 heterocycles. The highest BCUT2D eigenvalue weighted by Crippen LogP contribution is 2.22. The van der Waals surface area contributed by atoms with Crippen LogP contribution in [0.5, 0.6) is 0 Å². The third-order valence-electron chi connectivity index (χ3n) is 3.21. The Morgan fingerprint density at radius 2 is 2.47 bits per heavy atom. The predicted octanol–water partition coefficient (Wildman–Crippen LogP) is 0.841. The molecule has 1 aromatic heterocycles. The minimum atomic E-state index is 0.115. The van der Waals surface area contributed by atoms with Crippen molar-refractivity contribution in [3.05, 3.63) is 16.9 Å². The van der Waals surface area contributed by atoms with Crippen molar-refractivity contribution in [3.8, 4) is 0 Å². The summed E-state index contributed by atoms with van der Waals surface area (Å²) in [5.41, 5.74) is 5.65. The van der Waals surface area contributed by atoms with E-state index in [2.05, 4.69) is 28.0 Å². The molecule has 2 rings (SSSR count). The van der Waals surface area contributed by atoms with Gasteiger partial charge < -0.3 is 10.6 Å². The van der Waals surface area contributed by atoms with E-state index in [-0.39, 0.29) is 11.9 Å². The Morgan fingerprint density at radius 1 is 1.71 bits per heavy atom. The highest BCUT2D eigenvalue weighted by molar-refractivity contribution is 9.10. The first-order valence-corrected chi connectivity index (χ1v) is 6.57. The van der Waals surface area contributed by atoms with E-state index in [0.717, 1.165) is 17.4 Å². The highest BCUT2D eigenvalue weighted by Gasteiger charge is 2.31. The van der Waals surface area contributed by atoms with Gasteiger partial charge in [-0.1, -0.05) is 0 Å². The van der Waals surface area contributed by atoms with E-state index in [4.69, 9.17) is 5.73 Å². The summed E-state index contributed by atoms with van der Waals surface area (Å²) in [4.78, 5) is 14.0. The maximum Gasteiger partial charge on any atom is 0.244 e. The van der Waals surface area contributed by atoms with Gasteiger partial charge in [-0.25, -0.2) is 0 Å². The van der Waals surface area contributed by atoms with E-state index in [1.807, 2.05) is 4.90 Å². The number of nitrogens with two attached hydrogens (primary N) is 1. The summed E-state index contributed by atoms with van der Waals surface area (Å²) >= 11 is 3.31. The van der Waals surface area contributed by atoms with E-state index in [1.165, 1.54) is 0 Å². The van der Waals surface area contributed by atoms with Crippen molar-refractivity contribution in [2.24, 2.45) is 11.7 Å². The van der Waals surface area contributed by atoms with Crippen LogP contribution in [0.4, 0.5) is 0 Å². The monoisotopic (exact) mass is 300 g/mol. The molecule has 0 radical (unpaired) electrons. The van der Waals surface area contributed by atoms with Crippen molar-refractivity contribution < 1.29 is 4.79 Å². The number of likely N-dealkylation sites (tertiary alicyclic amines) is 1. The number of carbonyl (C=O) groups excluding carboxylic acids is 1. The normalized spacial score (nSPS) is 24.3. The maximum atomic E-state index is 12.1. The number of hydrogen-bond donors (Lipinski definition) is 1. The molecule has 1 aromatic rings. The Hall–Kier alpha value is -0.880. The second kappa shape index (κ2) is 5.18. The third kappa shape index (κ3) is 2.87. The lowest BCUT2D eigenvalue weighted by Gasteiger charge is -2.21. The minimum absolute atomic E-state index is 0.115. The number of rotatable bonds is 3. The Labute approximate surface area is 109 Å². The number of carbonyl (C=O) groups is 1. The van der Waals surface area contributed by atoms with E-state index < -0.39 is 0 Å². The number of amides is 1. The van der Waals surface area contributed by atoms with Crippen molar-refractivity contribution in [1.82, 2.24) is 14.7 Å². The first kappa shape index (κ1) is 12.6. The van der Waals surface area contributed by atoms with Crippen LogP contribution < -0.4 is 5.73 Å². The zero-order chi connectivity index (χ0) is 12.4. The van der Waals surface area contributed by atoms with Gasteiger partial charge in [-0.15, -0.1) is 0 Å². The first-order valence-electron chi connectivity index (χ1n) is 5.77. The summed E-state index contributed by atoms with van der Waals surface area (Å²) in [6.45, 7) is 3.81. The van der Waals surface area contributed by atoms with Crippen molar-refractivity contribution in [3.63, 3.8) is 0 Å². The molecule has 0 spiro atoms. The molecule has 94 valence electrons. The molecule has 5 nitrogen and oxygen atoms in total. The second-order valence-corrected chi connectivity index (χ2v) is 5.50. The van der Waals surface area contributed by atoms with Gasteiger partial charge in [0.25, 0.3) is 0 Å². The van der Waals surface area contributed by atoms with Crippen molar-refractivity contribution in [2.45, 2.75) is 25.9 Å². The second-order valence-electron chi connectivity index (χ2n) is 4.59. The zero-order valence-corrected chi connectivity index (χ0v) is 11.4. The number of hydrogen-bond acceptors (Lipinski definition) is 3. The fraction of sp³-hybridized carbons (Fsp3) is 0.636. The van der Waals surface area contributed by atoms with E-state index in [9.17, 15) is 4.79 Å². The fourth-order valence-corrected chi connectivity index (χ4v) is 2.64. The van der Waals surface area contributed by atoms with Crippen LogP contribution in [0.25, 0.3) is 0 Å². The van der Waals surface area contributed by atoms with Gasteiger partial charge in [0, 0.05) is 18.8 Å². The zero-order valence-electron chi connectivity index (χ0n) is 9.84. The van der Waals surface area contributed by atoms with Gasteiger partial charge in [-0.3, -0.25) is 9.48 Å². The Balaban J connectivity index is 1.96. The van der Waals surface area contributed by atoms with Gasteiger partial charge in [-0.05, 0) is 41.7 Å². The largest absolute Gasteiger partial charge is 0.338 e. The SMILES string of the molecule is CC1CC(CN)CN1C(=O)Cn1cc(Br)cn1. The van der Waals surface area contributed by atoms with Crippen LogP contribution in [0.15, 0.2) is 16.9 Å². The van der Waals surface area contributed by atoms with Crippen molar-refractivity contribution >= 4 is 21.8 Å². The molecule has 0 aliphatic carbocycles. The highest BCUT2D eigenvalue weighted by atomic mass is 79.9. The lowest BCUT2D eigenvalue weighted by atomic mass is 10.1. The van der Waals surface area contributed by atoms with Gasteiger partial charge in [-0.2, -0.15) is 5.10 Å². The van der Waals surface area contributed by atoms with Crippen LogP contribution in [-0.4, -0.2) is 39.7 Å². The lowest BCUT2D eigenvalue weighted by molar-refractivity contribution is -0.132. The molecule has 0 saturated carbocycles. The first-order chi connectivity index (χ1) is 8.10. The molecule has 0 bridgehead atoms. The summed E-state index contributed by atoms with van der Waals surface area (Å²) in [5.74, 6) is 0.558. The smallest absolute Gasteiger partial charge is 0.244 e. The van der Waals surface area contributed by atoms with Gasteiger partial charge in [0.1, 0.15) is 6.54 Å². The Bertz CT molecular complexity index is 406. The lowest BCUT2D eigenvalue weighted by Crippen LogP contribution is -2.36. The molecule has 0 aromatic carbocycles. The summed E-state index contributed by atoms with van der Waals surface area (Å²) in [5, 5.41) is 4.09. The number of halogens is 1. The average molecular weight is 301 g/mol. The van der Waals surface area contributed by atoms with Crippen molar-refractivity contribution in [2.75, 3.05) is 13.1 Å². The standard InChI is InChI=1S/C11H17BrN4O/c1-8-2-9(3-13)5-16(8)11(17)7-15-6-10(12)4-14-15/h4,6,8-9H,2-3,5,7,13H2,1H3. The van der Waals surface area contributed by atoms with Crippen LogP contribution >= 0.6 is 15.9 Å². The van der Waals surface area contributed by atoms with Gasteiger partial charge in [0.15, 0.2) is 0 Å². The number of aromatic nitrogens is 2. The Morgan fingerprint density at radius 3 is 3.00 bits per heavy atom. The molecule has 1 aliphatic rings. The average Bonchev–Trinajstić information content (AvgIpc) is 2.85. The molecule has 2 atom stereocenters. The van der Waals surface area contributed by atoms with E-state index >= 15 is 0 Å². The molecule has 1 aliphatic heterocycles. The van der Waals surface area contributed by atoms with E-state index in [1.54, 1.807) is 17.1 Å². The molecule has 1 amide bonds. The van der Waals surface area contributed by atoms with Crippen LogP contribution in [0, 0.1) is 5.92 Å². The van der Waals surface area contributed by atoms with Gasteiger partial charge in [0.05, 0.1) is 10.7 Å². The molecule has 6 heteroatoms. The summed E-state index contributed by atoms with van der Waals surface area (Å²) < 4.78 is 2.54. The van der Waals surface area contributed by atoms with Crippen LogP contribution in [0.2, 0.25) is 0 Å². The molecular formula is C11H17BrN4O. The minimum Gasteiger partial charge on any atom is -0.338 e. The van der Waals surface area contributed by atoms with Crippen molar-refractivity contribution in [1.29, 1.82) is 0 Å². The molecule has 2 N–H and O–H groups in total. The van der Waals surface area contributed by atoms with Gasteiger partial charge in [0.2, 0.25) is 5.91 Å².